The molecule has 4 unspecified atom stereocenters. The van der Waals surface area contributed by atoms with Gasteiger partial charge in [-0.05, 0) is 43.4 Å². The standard InChI is InChI=1S/C77H150O17P2/c1-8-11-12-13-14-15-16-23-29-37-44-51-58-74(79)87-65-73(94-77(82)61-54-47-40-33-32-36-43-50-57-70(7)10-3)67-92-96(85,86)90-63-71(78)62-89-95(83,84)91-66-72(64-88-75(80)59-52-45-38-30-26-25-28-35-42-49-56-69(6)9-2)93-76(81)60-53-46-39-31-24-21-19-17-18-20-22-27-34-41-48-55-68(4)5/h68-73,78H,8-67H2,1-7H3,(H,83,84)(H,85,86)/t69?,70?,71-,72-,73-/m1/s1. The van der Waals surface area contributed by atoms with Gasteiger partial charge in [0, 0.05) is 25.7 Å². The van der Waals surface area contributed by atoms with Gasteiger partial charge in [-0.3, -0.25) is 37.3 Å². The van der Waals surface area contributed by atoms with E-state index in [0.29, 0.717) is 25.7 Å². The summed E-state index contributed by atoms with van der Waals surface area (Å²) in [6, 6.07) is 0. The van der Waals surface area contributed by atoms with E-state index in [1.165, 1.54) is 205 Å². The van der Waals surface area contributed by atoms with E-state index in [-0.39, 0.29) is 25.7 Å². The van der Waals surface area contributed by atoms with E-state index in [1.807, 2.05) is 0 Å². The topological polar surface area (TPSA) is 237 Å². The van der Waals surface area contributed by atoms with E-state index in [9.17, 15) is 43.2 Å². The molecule has 0 amide bonds. The first-order valence-electron chi connectivity index (χ1n) is 39.9. The Hall–Kier alpha value is -1.94. The highest BCUT2D eigenvalue weighted by molar-refractivity contribution is 7.47. The molecule has 0 aromatic rings. The normalized spacial score (nSPS) is 14.6. The molecular weight excluding hydrogens is 1260 g/mol. The fourth-order valence-corrected chi connectivity index (χ4v) is 13.3. The zero-order valence-corrected chi connectivity index (χ0v) is 64.6. The van der Waals surface area contributed by atoms with Gasteiger partial charge in [0.25, 0.3) is 0 Å². The molecule has 0 heterocycles. The van der Waals surface area contributed by atoms with Crippen molar-refractivity contribution >= 4 is 39.5 Å². The largest absolute Gasteiger partial charge is 0.472 e. The first-order chi connectivity index (χ1) is 46.3. The lowest BCUT2D eigenvalue weighted by Gasteiger charge is -2.21. The molecule has 0 spiro atoms. The molecule has 0 radical (unpaired) electrons. The van der Waals surface area contributed by atoms with E-state index in [2.05, 4.69) is 48.5 Å². The fourth-order valence-electron chi connectivity index (χ4n) is 11.7. The molecule has 0 aromatic carbocycles. The van der Waals surface area contributed by atoms with E-state index in [4.69, 9.17) is 37.0 Å². The molecule has 0 aliphatic rings. The van der Waals surface area contributed by atoms with Crippen molar-refractivity contribution in [1.29, 1.82) is 0 Å². The number of unbranched alkanes of at least 4 members (excludes halogenated alkanes) is 41. The summed E-state index contributed by atoms with van der Waals surface area (Å²) in [5.74, 6) is 0.266. The number of carbonyl (C=O) groups excluding carboxylic acids is 4. The number of esters is 4. The predicted molar refractivity (Wildman–Crippen MR) is 391 cm³/mol. The highest BCUT2D eigenvalue weighted by Crippen LogP contribution is 2.45. The van der Waals surface area contributed by atoms with Crippen molar-refractivity contribution in [1.82, 2.24) is 0 Å². The van der Waals surface area contributed by atoms with E-state index in [0.717, 1.165) is 108 Å². The second kappa shape index (κ2) is 67.5. The summed E-state index contributed by atoms with van der Waals surface area (Å²) in [6.45, 7) is 12.0. The highest BCUT2D eigenvalue weighted by Gasteiger charge is 2.30. The quantitative estimate of drug-likeness (QED) is 0.0222. The van der Waals surface area contributed by atoms with Crippen LogP contribution in [0.4, 0.5) is 0 Å². The molecule has 0 aliphatic carbocycles. The predicted octanol–water partition coefficient (Wildman–Crippen LogP) is 22.6. The maximum Gasteiger partial charge on any atom is 0.472 e. The first-order valence-corrected chi connectivity index (χ1v) is 42.9. The second-order valence-electron chi connectivity index (χ2n) is 28.7. The molecule has 0 bridgehead atoms. The molecule has 0 fully saturated rings. The van der Waals surface area contributed by atoms with E-state index in [1.54, 1.807) is 0 Å². The van der Waals surface area contributed by atoms with Crippen LogP contribution in [-0.4, -0.2) is 96.7 Å². The van der Waals surface area contributed by atoms with Crippen LogP contribution in [0, 0.1) is 17.8 Å². The van der Waals surface area contributed by atoms with Crippen molar-refractivity contribution in [2.24, 2.45) is 17.8 Å². The van der Waals surface area contributed by atoms with Gasteiger partial charge in [0.15, 0.2) is 12.2 Å². The zero-order chi connectivity index (χ0) is 70.9. The number of carbonyl (C=O) groups is 4. The third-order valence-corrected chi connectivity index (χ3v) is 20.5. The molecule has 96 heavy (non-hydrogen) atoms. The Morgan fingerprint density at radius 1 is 0.302 bits per heavy atom. The third-order valence-electron chi connectivity index (χ3n) is 18.6. The Morgan fingerprint density at radius 2 is 0.531 bits per heavy atom. The number of rotatable bonds is 75. The summed E-state index contributed by atoms with van der Waals surface area (Å²) in [5, 5.41) is 10.6. The highest BCUT2D eigenvalue weighted by atomic mass is 31.2. The van der Waals surface area contributed by atoms with Crippen LogP contribution in [0.25, 0.3) is 0 Å². The average molecular weight is 1410 g/mol. The average Bonchev–Trinajstić information content (AvgIpc) is 2.26. The van der Waals surface area contributed by atoms with Gasteiger partial charge in [0.1, 0.15) is 19.3 Å². The maximum absolute atomic E-state index is 13.1. The van der Waals surface area contributed by atoms with Crippen LogP contribution in [0.2, 0.25) is 0 Å². The molecule has 570 valence electrons. The molecule has 0 aliphatic heterocycles. The molecule has 0 aromatic heterocycles. The summed E-state index contributed by atoms with van der Waals surface area (Å²) in [4.78, 5) is 72.9. The van der Waals surface area contributed by atoms with E-state index < -0.39 is 97.5 Å². The zero-order valence-electron chi connectivity index (χ0n) is 62.8. The number of ether oxygens (including phenoxy) is 4. The van der Waals surface area contributed by atoms with Gasteiger partial charge in [0.05, 0.1) is 26.4 Å². The van der Waals surface area contributed by atoms with Crippen molar-refractivity contribution in [3.05, 3.63) is 0 Å². The monoisotopic (exact) mass is 1410 g/mol. The van der Waals surface area contributed by atoms with Gasteiger partial charge in [0.2, 0.25) is 0 Å². The SMILES string of the molecule is CCCCCCCCCCCCCCC(=O)OC[C@H](COP(=O)(O)OC[C@H](O)COP(=O)(O)OC[C@@H](COC(=O)CCCCCCCCCCCCC(C)CC)OC(=O)CCCCCCCCCCCCCCCCCC(C)C)OC(=O)CCCCCCCCCCC(C)CC. The van der Waals surface area contributed by atoms with Gasteiger partial charge in [-0.1, -0.05) is 344 Å². The number of aliphatic hydroxyl groups is 1. The van der Waals surface area contributed by atoms with Crippen LogP contribution in [0.3, 0.4) is 0 Å². The molecule has 0 saturated carbocycles. The number of aliphatic hydroxyl groups excluding tert-OH is 1. The molecule has 19 heteroatoms. The minimum Gasteiger partial charge on any atom is -0.462 e. The number of phosphoric ester groups is 2. The molecule has 17 nitrogen and oxygen atoms in total. The van der Waals surface area contributed by atoms with E-state index >= 15 is 0 Å². The Labute approximate surface area is 588 Å². The van der Waals surface area contributed by atoms with Gasteiger partial charge >= 0.3 is 39.5 Å². The number of hydrogen-bond acceptors (Lipinski definition) is 15. The van der Waals surface area contributed by atoms with Gasteiger partial charge in [-0.15, -0.1) is 0 Å². The first kappa shape index (κ1) is 94.1. The van der Waals surface area contributed by atoms with Crippen LogP contribution in [0.15, 0.2) is 0 Å². The second-order valence-corrected chi connectivity index (χ2v) is 31.6. The lowest BCUT2D eigenvalue weighted by atomic mass is 9.99. The lowest BCUT2D eigenvalue weighted by molar-refractivity contribution is -0.161. The van der Waals surface area contributed by atoms with Crippen molar-refractivity contribution in [3.8, 4) is 0 Å². The van der Waals surface area contributed by atoms with Crippen molar-refractivity contribution in [3.63, 3.8) is 0 Å². The van der Waals surface area contributed by atoms with Crippen LogP contribution in [0.5, 0.6) is 0 Å². The Balaban J connectivity index is 5.26. The summed E-state index contributed by atoms with van der Waals surface area (Å²) in [6.07, 6.45) is 53.9. The van der Waals surface area contributed by atoms with Crippen molar-refractivity contribution in [2.75, 3.05) is 39.6 Å². The number of phosphoric acid groups is 2. The van der Waals surface area contributed by atoms with Crippen molar-refractivity contribution in [2.45, 2.75) is 414 Å². The lowest BCUT2D eigenvalue weighted by Crippen LogP contribution is -2.30. The van der Waals surface area contributed by atoms with Crippen LogP contribution in [-0.2, 0) is 65.4 Å². The van der Waals surface area contributed by atoms with Gasteiger partial charge in [-0.25, -0.2) is 9.13 Å². The summed E-state index contributed by atoms with van der Waals surface area (Å²) in [5.41, 5.74) is 0. The summed E-state index contributed by atoms with van der Waals surface area (Å²) >= 11 is 0. The molecular formula is C77H150O17P2. The maximum atomic E-state index is 13.1. The van der Waals surface area contributed by atoms with Crippen molar-refractivity contribution < 1.29 is 80.2 Å². The molecule has 3 N–H and O–H groups in total. The Kier molecular flexibility index (Phi) is 66.2. The minimum atomic E-state index is -4.96. The fraction of sp³-hybridized carbons (Fsp3) is 0.948. The van der Waals surface area contributed by atoms with Crippen LogP contribution < -0.4 is 0 Å². The van der Waals surface area contributed by atoms with Gasteiger partial charge in [-0.2, -0.15) is 0 Å². The third kappa shape index (κ3) is 67.9. The van der Waals surface area contributed by atoms with Crippen LogP contribution in [0.1, 0.15) is 395 Å². The Bertz CT molecular complexity index is 1870. The Morgan fingerprint density at radius 3 is 0.792 bits per heavy atom. The summed E-state index contributed by atoms with van der Waals surface area (Å²) < 4.78 is 68.6. The molecule has 7 atom stereocenters. The van der Waals surface area contributed by atoms with Gasteiger partial charge < -0.3 is 33.8 Å². The minimum absolute atomic E-state index is 0.105. The van der Waals surface area contributed by atoms with Crippen LogP contribution >= 0.6 is 15.6 Å². The smallest absolute Gasteiger partial charge is 0.462 e. The summed E-state index contributed by atoms with van der Waals surface area (Å²) in [7, 11) is -9.91. The molecule has 0 rings (SSSR count). The number of hydrogen-bond donors (Lipinski definition) is 3. The molecule has 0 saturated heterocycles.